The molecule has 0 unspecified atom stereocenters. The first-order valence-electron chi connectivity index (χ1n) is 7.28. The maximum atomic E-state index is 12.3. The van der Waals surface area contributed by atoms with Crippen LogP contribution in [0, 0.1) is 0 Å². The number of hydrogen-bond acceptors (Lipinski definition) is 2. The largest absolute Gasteiger partial charge is 0.341 e. The highest BCUT2D eigenvalue weighted by Crippen LogP contribution is 2.18. The van der Waals surface area contributed by atoms with Crippen LogP contribution in [0.2, 0.25) is 0 Å². The molecule has 1 amide bonds. The van der Waals surface area contributed by atoms with Crippen LogP contribution in [0.3, 0.4) is 0 Å². The lowest BCUT2D eigenvalue weighted by atomic mass is 10.1. The first-order valence-corrected chi connectivity index (χ1v) is 7.28. The Bertz CT molecular complexity index is 611. The molecule has 0 atom stereocenters. The van der Waals surface area contributed by atoms with Crippen LogP contribution in [-0.4, -0.2) is 35.5 Å². The topological polar surface area (TPSA) is 37.3 Å². The van der Waals surface area contributed by atoms with Crippen LogP contribution < -0.4 is 5.32 Å². The van der Waals surface area contributed by atoms with E-state index in [9.17, 15) is 4.79 Å². The van der Waals surface area contributed by atoms with Crippen molar-refractivity contribution in [3.05, 3.63) is 36.0 Å². The number of rotatable bonds is 4. The van der Waals surface area contributed by atoms with Crippen molar-refractivity contribution < 1.29 is 4.79 Å². The van der Waals surface area contributed by atoms with Gasteiger partial charge in [-0.2, -0.15) is 0 Å². The Balaban J connectivity index is 1.83. The molecular weight excluding hydrogens is 250 g/mol. The maximum absolute atomic E-state index is 12.3. The molecule has 4 nitrogen and oxygen atoms in total. The molecule has 1 saturated heterocycles. The van der Waals surface area contributed by atoms with Gasteiger partial charge in [0.25, 0.3) is 0 Å². The van der Waals surface area contributed by atoms with Gasteiger partial charge in [0.05, 0.1) is 0 Å². The van der Waals surface area contributed by atoms with Gasteiger partial charge in [0.2, 0.25) is 5.91 Å². The van der Waals surface area contributed by atoms with Crippen LogP contribution >= 0.6 is 0 Å². The van der Waals surface area contributed by atoms with Crippen LogP contribution in [0.15, 0.2) is 30.5 Å². The summed E-state index contributed by atoms with van der Waals surface area (Å²) in [6, 6.07) is 8.50. The fraction of sp³-hybridized carbons (Fsp3) is 0.438. The molecule has 1 aliphatic rings. The quantitative estimate of drug-likeness (QED) is 0.923. The van der Waals surface area contributed by atoms with Crippen molar-refractivity contribution in [1.29, 1.82) is 0 Å². The standard InChI is InChI=1S/C16H21N3O/c1-17-11-13-4-5-14-6-9-19(15(14)10-13)12-16(20)18-7-2-3-8-18/h4-6,9-10,17H,2-3,7-8,11-12H2,1H3. The van der Waals surface area contributed by atoms with E-state index in [1.54, 1.807) is 0 Å². The Morgan fingerprint density at radius 2 is 2.05 bits per heavy atom. The Morgan fingerprint density at radius 3 is 2.80 bits per heavy atom. The van der Waals surface area contributed by atoms with Gasteiger partial charge in [0.1, 0.15) is 6.54 Å². The van der Waals surface area contributed by atoms with Gasteiger partial charge in [-0.25, -0.2) is 0 Å². The number of hydrogen-bond donors (Lipinski definition) is 1. The lowest BCUT2D eigenvalue weighted by molar-refractivity contribution is -0.130. The summed E-state index contributed by atoms with van der Waals surface area (Å²) in [6.07, 6.45) is 4.30. The maximum Gasteiger partial charge on any atom is 0.242 e. The molecule has 2 aromatic rings. The predicted molar refractivity (Wildman–Crippen MR) is 80.5 cm³/mol. The summed E-state index contributed by atoms with van der Waals surface area (Å²) < 4.78 is 2.06. The molecule has 1 fully saturated rings. The SMILES string of the molecule is CNCc1ccc2ccn(CC(=O)N3CCCC3)c2c1. The summed E-state index contributed by atoms with van der Waals surface area (Å²) in [5.41, 5.74) is 2.39. The average Bonchev–Trinajstić information content (AvgIpc) is 3.09. The number of carbonyl (C=O) groups excluding carboxylic acids is 1. The van der Waals surface area contributed by atoms with Crippen molar-refractivity contribution in [1.82, 2.24) is 14.8 Å². The van der Waals surface area contributed by atoms with Crippen LogP contribution in [0.1, 0.15) is 18.4 Å². The molecule has 1 N–H and O–H groups in total. The molecular formula is C16H21N3O. The highest BCUT2D eigenvalue weighted by molar-refractivity contribution is 5.84. The number of aromatic nitrogens is 1. The van der Waals surface area contributed by atoms with Gasteiger partial charge in [-0.1, -0.05) is 12.1 Å². The fourth-order valence-electron chi connectivity index (χ4n) is 2.89. The third kappa shape index (κ3) is 2.56. The molecule has 1 aromatic heterocycles. The van der Waals surface area contributed by atoms with Gasteiger partial charge in [-0.3, -0.25) is 4.79 Å². The number of carbonyl (C=O) groups is 1. The Hall–Kier alpha value is -1.81. The summed E-state index contributed by atoms with van der Waals surface area (Å²) in [6.45, 7) is 3.14. The number of fused-ring (bicyclic) bond motifs is 1. The molecule has 106 valence electrons. The monoisotopic (exact) mass is 271 g/mol. The van der Waals surface area contributed by atoms with E-state index in [1.165, 1.54) is 10.9 Å². The first kappa shape index (κ1) is 13.2. The van der Waals surface area contributed by atoms with Crippen LogP contribution in [0.5, 0.6) is 0 Å². The summed E-state index contributed by atoms with van der Waals surface area (Å²) in [5.74, 6) is 0.235. The van der Waals surface area contributed by atoms with E-state index in [-0.39, 0.29) is 5.91 Å². The second-order valence-corrected chi connectivity index (χ2v) is 5.46. The van der Waals surface area contributed by atoms with Gasteiger partial charge in [0, 0.05) is 31.3 Å². The molecule has 4 heteroatoms. The molecule has 1 aromatic carbocycles. The van der Waals surface area contributed by atoms with Crippen molar-refractivity contribution in [2.24, 2.45) is 0 Å². The van der Waals surface area contributed by atoms with E-state index in [4.69, 9.17) is 0 Å². The van der Waals surface area contributed by atoms with Gasteiger partial charge < -0.3 is 14.8 Å². The highest BCUT2D eigenvalue weighted by atomic mass is 16.2. The predicted octanol–water partition coefficient (Wildman–Crippen LogP) is 1.98. The van der Waals surface area contributed by atoms with E-state index in [2.05, 4.69) is 34.1 Å². The van der Waals surface area contributed by atoms with Crippen molar-refractivity contribution in [3.8, 4) is 0 Å². The van der Waals surface area contributed by atoms with Crippen molar-refractivity contribution in [2.45, 2.75) is 25.9 Å². The van der Waals surface area contributed by atoms with E-state index in [0.717, 1.165) is 38.0 Å². The van der Waals surface area contributed by atoms with Gasteiger partial charge in [-0.05, 0) is 43.0 Å². The number of nitrogens with zero attached hydrogens (tertiary/aromatic N) is 2. The van der Waals surface area contributed by atoms with Crippen LogP contribution in [-0.2, 0) is 17.9 Å². The Kier molecular flexibility index (Phi) is 3.74. The minimum Gasteiger partial charge on any atom is -0.341 e. The third-order valence-corrected chi connectivity index (χ3v) is 3.98. The van der Waals surface area contributed by atoms with Gasteiger partial charge in [-0.15, -0.1) is 0 Å². The number of benzene rings is 1. The molecule has 20 heavy (non-hydrogen) atoms. The summed E-state index contributed by atoms with van der Waals surface area (Å²) >= 11 is 0. The molecule has 3 rings (SSSR count). The molecule has 0 radical (unpaired) electrons. The normalized spacial score (nSPS) is 15.2. The smallest absolute Gasteiger partial charge is 0.242 e. The zero-order valence-corrected chi connectivity index (χ0v) is 11.9. The summed E-state index contributed by atoms with van der Waals surface area (Å²) in [5, 5.41) is 4.36. The van der Waals surface area contributed by atoms with Crippen LogP contribution in [0.25, 0.3) is 10.9 Å². The molecule has 2 heterocycles. The van der Waals surface area contributed by atoms with Gasteiger partial charge >= 0.3 is 0 Å². The zero-order chi connectivity index (χ0) is 13.9. The van der Waals surface area contributed by atoms with E-state index >= 15 is 0 Å². The minimum atomic E-state index is 0.235. The number of likely N-dealkylation sites (tertiary alicyclic amines) is 1. The van der Waals surface area contributed by atoms with E-state index in [1.807, 2.05) is 18.1 Å². The number of nitrogens with one attached hydrogen (secondary N) is 1. The molecule has 0 saturated carbocycles. The van der Waals surface area contributed by atoms with Crippen molar-refractivity contribution in [3.63, 3.8) is 0 Å². The van der Waals surface area contributed by atoms with Crippen molar-refractivity contribution >= 4 is 16.8 Å². The molecule has 0 spiro atoms. The zero-order valence-electron chi connectivity index (χ0n) is 11.9. The first-order chi connectivity index (χ1) is 9.78. The fourth-order valence-corrected chi connectivity index (χ4v) is 2.89. The van der Waals surface area contributed by atoms with E-state index in [0.29, 0.717) is 6.54 Å². The van der Waals surface area contributed by atoms with Crippen molar-refractivity contribution in [2.75, 3.05) is 20.1 Å². The lowest BCUT2D eigenvalue weighted by Crippen LogP contribution is -2.30. The average molecular weight is 271 g/mol. The highest BCUT2D eigenvalue weighted by Gasteiger charge is 2.18. The molecule has 0 bridgehead atoms. The molecule has 1 aliphatic heterocycles. The number of amides is 1. The lowest BCUT2D eigenvalue weighted by Gasteiger charge is -2.16. The summed E-state index contributed by atoms with van der Waals surface area (Å²) in [4.78, 5) is 14.2. The molecule has 0 aliphatic carbocycles. The second-order valence-electron chi connectivity index (χ2n) is 5.46. The Labute approximate surface area is 119 Å². The summed E-state index contributed by atoms with van der Waals surface area (Å²) in [7, 11) is 1.94. The third-order valence-electron chi connectivity index (χ3n) is 3.98. The van der Waals surface area contributed by atoms with Gasteiger partial charge in [0.15, 0.2) is 0 Å². The second kappa shape index (κ2) is 5.67. The Morgan fingerprint density at radius 1 is 1.25 bits per heavy atom. The van der Waals surface area contributed by atoms with Crippen LogP contribution in [0.4, 0.5) is 0 Å². The van der Waals surface area contributed by atoms with E-state index < -0.39 is 0 Å². The minimum absolute atomic E-state index is 0.235.